The largest absolute Gasteiger partial charge is 0.466 e. The summed E-state index contributed by atoms with van der Waals surface area (Å²) in [6, 6.07) is 8.30. The van der Waals surface area contributed by atoms with Crippen LogP contribution in [-0.2, 0) is 28.5 Å². The Labute approximate surface area is 198 Å². The van der Waals surface area contributed by atoms with Gasteiger partial charge in [0.05, 0.1) is 37.1 Å². The van der Waals surface area contributed by atoms with Gasteiger partial charge < -0.3 is 18.9 Å². The highest BCUT2D eigenvalue weighted by molar-refractivity contribution is 8.14. The molecule has 10 heteroatoms. The molecule has 0 radical (unpaired) electrons. The fourth-order valence-corrected chi connectivity index (χ4v) is 3.64. The third-order valence-corrected chi connectivity index (χ3v) is 5.84. The molecule has 0 amide bonds. The average Bonchev–Trinajstić information content (AvgIpc) is 2.83. The molecule has 1 aliphatic heterocycles. The van der Waals surface area contributed by atoms with Crippen LogP contribution >= 0.6 is 11.8 Å². The SMILES string of the molecule is CC(SC(=O)OCOC(=O)c1ccccc1)C(=O)CCC(=O)OCCCCN1CCOCC1. The predicted molar refractivity (Wildman–Crippen MR) is 122 cm³/mol. The van der Waals surface area contributed by atoms with Crippen LogP contribution in [0.4, 0.5) is 4.79 Å². The van der Waals surface area contributed by atoms with E-state index in [4.69, 9.17) is 18.9 Å². The number of rotatable bonds is 13. The lowest BCUT2D eigenvalue weighted by atomic mass is 10.2. The van der Waals surface area contributed by atoms with E-state index >= 15 is 0 Å². The maximum Gasteiger partial charge on any atom is 0.370 e. The van der Waals surface area contributed by atoms with E-state index in [2.05, 4.69) is 4.90 Å². The van der Waals surface area contributed by atoms with Crippen molar-refractivity contribution in [2.45, 2.75) is 37.9 Å². The predicted octanol–water partition coefficient (Wildman–Crippen LogP) is 3.06. The Morgan fingerprint density at radius 3 is 2.45 bits per heavy atom. The highest BCUT2D eigenvalue weighted by Gasteiger charge is 2.20. The normalized spacial score (nSPS) is 14.8. The summed E-state index contributed by atoms with van der Waals surface area (Å²) in [5.41, 5.74) is 0.341. The van der Waals surface area contributed by atoms with Crippen molar-refractivity contribution in [3.05, 3.63) is 35.9 Å². The van der Waals surface area contributed by atoms with Crippen molar-refractivity contribution in [3.8, 4) is 0 Å². The summed E-state index contributed by atoms with van der Waals surface area (Å²) in [4.78, 5) is 49.9. The number of esters is 2. The van der Waals surface area contributed by atoms with E-state index in [1.807, 2.05) is 0 Å². The molecular weight excluding hydrogens is 450 g/mol. The number of thioether (sulfide) groups is 1. The summed E-state index contributed by atoms with van der Waals surface area (Å²) in [7, 11) is 0. The van der Waals surface area contributed by atoms with Gasteiger partial charge in [-0.25, -0.2) is 9.59 Å². The van der Waals surface area contributed by atoms with E-state index in [9.17, 15) is 19.2 Å². The molecule has 0 N–H and O–H groups in total. The molecule has 1 unspecified atom stereocenters. The molecule has 33 heavy (non-hydrogen) atoms. The summed E-state index contributed by atoms with van der Waals surface area (Å²) in [6.45, 7) is 5.69. The minimum Gasteiger partial charge on any atom is -0.466 e. The number of unbranched alkanes of at least 4 members (excludes halogenated alkanes) is 1. The Balaban J connectivity index is 1.50. The Kier molecular flexibility index (Phi) is 12.5. The van der Waals surface area contributed by atoms with Gasteiger partial charge in [0.15, 0.2) is 0 Å². The highest BCUT2D eigenvalue weighted by atomic mass is 32.2. The van der Waals surface area contributed by atoms with Crippen molar-refractivity contribution >= 4 is 34.8 Å². The van der Waals surface area contributed by atoms with E-state index in [1.165, 1.54) is 0 Å². The topological polar surface area (TPSA) is 108 Å². The van der Waals surface area contributed by atoms with Crippen LogP contribution in [0.2, 0.25) is 0 Å². The molecule has 1 atom stereocenters. The fourth-order valence-electron chi connectivity index (χ4n) is 2.98. The van der Waals surface area contributed by atoms with Crippen molar-refractivity contribution in [1.82, 2.24) is 4.90 Å². The lowest BCUT2D eigenvalue weighted by molar-refractivity contribution is -0.144. The van der Waals surface area contributed by atoms with Crippen molar-refractivity contribution in [2.24, 2.45) is 0 Å². The summed E-state index contributed by atoms with van der Waals surface area (Å²) in [5, 5.41) is -1.43. The van der Waals surface area contributed by atoms with Gasteiger partial charge in [0, 0.05) is 19.5 Å². The molecule has 0 spiro atoms. The second-order valence-electron chi connectivity index (χ2n) is 7.42. The van der Waals surface area contributed by atoms with Crippen LogP contribution in [0.25, 0.3) is 0 Å². The van der Waals surface area contributed by atoms with E-state index in [1.54, 1.807) is 37.3 Å². The summed E-state index contributed by atoms with van der Waals surface area (Å²) >= 11 is 0.677. The number of benzene rings is 1. The maximum absolute atomic E-state index is 12.2. The van der Waals surface area contributed by atoms with E-state index < -0.39 is 29.3 Å². The van der Waals surface area contributed by atoms with Crippen LogP contribution in [0, 0.1) is 0 Å². The zero-order valence-electron chi connectivity index (χ0n) is 18.9. The molecule has 1 fully saturated rings. The average molecular weight is 482 g/mol. The first-order chi connectivity index (χ1) is 16.0. The van der Waals surface area contributed by atoms with Gasteiger partial charge in [-0.2, -0.15) is 0 Å². The number of hydrogen-bond acceptors (Lipinski definition) is 10. The smallest absolute Gasteiger partial charge is 0.370 e. The molecule has 1 saturated heterocycles. The van der Waals surface area contributed by atoms with Gasteiger partial charge in [-0.1, -0.05) is 18.2 Å². The number of ketones is 1. The number of nitrogens with zero attached hydrogens (tertiary/aromatic N) is 1. The lowest BCUT2D eigenvalue weighted by Gasteiger charge is -2.26. The van der Waals surface area contributed by atoms with Gasteiger partial charge >= 0.3 is 17.2 Å². The zero-order chi connectivity index (χ0) is 23.9. The van der Waals surface area contributed by atoms with Crippen LogP contribution in [-0.4, -0.2) is 79.4 Å². The molecule has 182 valence electrons. The molecule has 1 aliphatic rings. The van der Waals surface area contributed by atoms with Crippen LogP contribution < -0.4 is 0 Å². The summed E-state index contributed by atoms with van der Waals surface area (Å²) in [5.74, 6) is -1.30. The van der Waals surface area contributed by atoms with Gasteiger partial charge in [-0.05, 0) is 50.2 Å². The minimum atomic E-state index is -0.737. The van der Waals surface area contributed by atoms with Gasteiger partial charge in [-0.15, -0.1) is 0 Å². The number of morpholine rings is 1. The first kappa shape index (κ1) is 26.8. The third-order valence-electron chi connectivity index (χ3n) is 4.91. The number of carbonyl (C=O) groups is 4. The Morgan fingerprint density at radius 1 is 1.00 bits per heavy atom. The second kappa shape index (κ2) is 15.4. The van der Waals surface area contributed by atoms with Gasteiger partial charge in [0.2, 0.25) is 6.79 Å². The molecule has 1 heterocycles. The van der Waals surface area contributed by atoms with Crippen LogP contribution in [0.3, 0.4) is 0 Å². The molecule has 0 aliphatic carbocycles. The summed E-state index contributed by atoms with van der Waals surface area (Å²) in [6.07, 6.45) is 1.65. The van der Waals surface area contributed by atoms with E-state index in [0.717, 1.165) is 45.7 Å². The van der Waals surface area contributed by atoms with Gasteiger partial charge in [0.1, 0.15) is 5.78 Å². The number of hydrogen-bond donors (Lipinski definition) is 0. The standard InChI is InChI=1S/C23H31NO8S/c1-18(33-23(28)32-17-31-22(27)19-7-3-2-4-8-19)20(25)9-10-21(26)30-14-6-5-11-24-12-15-29-16-13-24/h2-4,7-8,18H,5-6,9-17H2,1H3. The quantitative estimate of drug-likeness (QED) is 0.237. The minimum absolute atomic E-state index is 0.0168. The lowest BCUT2D eigenvalue weighted by Crippen LogP contribution is -2.36. The van der Waals surface area contributed by atoms with Crippen molar-refractivity contribution < 1.29 is 38.1 Å². The number of carbonyl (C=O) groups excluding carboxylic acids is 4. The molecule has 2 rings (SSSR count). The molecule has 1 aromatic rings. The molecule has 0 saturated carbocycles. The zero-order valence-corrected chi connectivity index (χ0v) is 19.7. The molecule has 0 bridgehead atoms. The Hall–Kier alpha value is -2.43. The Bertz CT molecular complexity index is 767. The van der Waals surface area contributed by atoms with Crippen LogP contribution in [0.5, 0.6) is 0 Å². The van der Waals surface area contributed by atoms with Gasteiger partial charge in [-0.3, -0.25) is 14.5 Å². The van der Waals surface area contributed by atoms with Crippen molar-refractivity contribution in [3.63, 3.8) is 0 Å². The fraction of sp³-hybridized carbons (Fsp3) is 0.565. The molecular formula is C23H31NO8S. The monoisotopic (exact) mass is 481 g/mol. The number of Topliss-reactive ketones (excluding diaryl/α,β-unsaturated/α-hetero) is 1. The van der Waals surface area contributed by atoms with Gasteiger partial charge in [0.25, 0.3) is 0 Å². The van der Waals surface area contributed by atoms with E-state index in [0.29, 0.717) is 23.9 Å². The first-order valence-corrected chi connectivity index (χ1v) is 11.9. The highest BCUT2D eigenvalue weighted by Crippen LogP contribution is 2.17. The number of ether oxygens (including phenoxy) is 4. The summed E-state index contributed by atoms with van der Waals surface area (Å²) < 4.78 is 20.2. The molecule has 9 nitrogen and oxygen atoms in total. The second-order valence-corrected chi connectivity index (χ2v) is 8.69. The molecule has 0 aromatic heterocycles. The first-order valence-electron chi connectivity index (χ1n) is 11.0. The maximum atomic E-state index is 12.2. The third kappa shape index (κ3) is 11.3. The van der Waals surface area contributed by atoms with Crippen LogP contribution in [0.1, 0.15) is 43.0 Å². The van der Waals surface area contributed by atoms with Crippen molar-refractivity contribution in [1.29, 1.82) is 0 Å². The van der Waals surface area contributed by atoms with E-state index in [-0.39, 0.29) is 18.6 Å². The Morgan fingerprint density at radius 2 is 1.73 bits per heavy atom. The van der Waals surface area contributed by atoms with Crippen LogP contribution in [0.15, 0.2) is 30.3 Å². The van der Waals surface area contributed by atoms with Crippen molar-refractivity contribution in [2.75, 3.05) is 46.2 Å². The molecule has 1 aromatic carbocycles.